The van der Waals surface area contributed by atoms with Gasteiger partial charge in [-0.25, -0.2) is 9.97 Å². The third-order valence-electron chi connectivity index (χ3n) is 5.09. The summed E-state index contributed by atoms with van der Waals surface area (Å²) in [5.41, 5.74) is 8.02. The van der Waals surface area contributed by atoms with Gasteiger partial charge in [0.25, 0.3) is 0 Å². The van der Waals surface area contributed by atoms with E-state index in [9.17, 15) is 0 Å². The van der Waals surface area contributed by atoms with E-state index in [1.807, 2.05) is 18.2 Å². The Kier molecular flexibility index (Phi) is 4.71. The van der Waals surface area contributed by atoms with Gasteiger partial charge in [0.2, 0.25) is 0 Å². The summed E-state index contributed by atoms with van der Waals surface area (Å²) in [6.45, 7) is 4.50. The first kappa shape index (κ1) is 16.8. The van der Waals surface area contributed by atoms with Crippen molar-refractivity contribution in [3.63, 3.8) is 0 Å². The lowest BCUT2D eigenvalue weighted by Gasteiger charge is -2.26. The zero-order valence-electron chi connectivity index (χ0n) is 14.9. The van der Waals surface area contributed by atoms with Crippen molar-refractivity contribution in [3.8, 4) is 0 Å². The molecule has 0 atom stereocenters. The van der Waals surface area contributed by atoms with E-state index in [4.69, 9.17) is 11.1 Å². The number of aromatic nitrogens is 3. The Balaban J connectivity index is 1.51. The van der Waals surface area contributed by atoms with E-state index in [0.717, 1.165) is 47.3 Å². The first-order chi connectivity index (χ1) is 12.7. The fraction of sp³-hybridized carbons (Fsp3) is 0.421. The van der Waals surface area contributed by atoms with Crippen molar-refractivity contribution in [2.75, 3.05) is 31.5 Å². The molecule has 0 radical (unpaired) electrons. The fourth-order valence-electron chi connectivity index (χ4n) is 3.72. The number of H-pyrrole nitrogens is 1. The van der Waals surface area contributed by atoms with Crippen molar-refractivity contribution < 1.29 is 0 Å². The third-order valence-corrected chi connectivity index (χ3v) is 5.09. The van der Waals surface area contributed by atoms with E-state index in [1.165, 1.54) is 32.4 Å². The Morgan fingerprint density at radius 1 is 1.23 bits per heavy atom. The van der Waals surface area contributed by atoms with Gasteiger partial charge >= 0.3 is 0 Å². The number of anilines is 1. The van der Waals surface area contributed by atoms with Gasteiger partial charge in [0.05, 0.1) is 5.39 Å². The zero-order valence-corrected chi connectivity index (χ0v) is 14.9. The Bertz CT molecular complexity index is 924. The molecule has 136 valence electrons. The number of rotatable bonds is 6. The van der Waals surface area contributed by atoms with Crippen LogP contribution in [0.5, 0.6) is 0 Å². The summed E-state index contributed by atoms with van der Waals surface area (Å²) in [5, 5.41) is 13.1. The lowest BCUT2D eigenvalue weighted by Crippen LogP contribution is -2.31. The topological polar surface area (TPSA) is 107 Å². The van der Waals surface area contributed by atoms with E-state index in [-0.39, 0.29) is 5.84 Å². The molecule has 1 fully saturated rings. The van der Waals surface area contributed by atoms with Gasteiger partial charge in [0.15, 0.2) is 0 Å². The van der Waals surface area contributed by atoms with Gasteiger partial charge in [-0.15, -0.1) is 0 Å². The highest BCUT2D eigenvalue weighted by molar-refractivity contribution is 6.12. The number of benzene rings is 1. The maximum Gasteiger partial charge on any atom is 0.143 e. The summed E-state index contributed by atoms with van der Waals surface area (Å²) in [4.78, 5) is 14.7. The van der Waals surface area contributed by atoms with E-state index in [1.54, 1.807) is 6.33 Å². The number of nitrogens with two attached hydrogens (primary N) is 1. The molecule has 0 aliphatic carbocycles. The minimum absolute atomic E-state index is 0.0627. The molecule has 0 bridgehead atoms. The van der Waals surface area contributed by atoms with Gasteiger partial charge in [0, 0.05) is 23.0 Å². The molecule has 5 N–H and O–H groups in total. The molecule has 1 aliphatic rings. The maximum atomic E-state index is 7.60. The number of fused-ring (bicyclic) bond motifs is 3. The first-order valence-corrected chi connectivity index (χ1v) is 9.29. The number of likely N-dealkylation sites (tertiary alicyclic amines) is 1. The smallest absolute Gasteiger partial charge is 0.143 e. The van der Waals surface area contributed by atoms with E-state index >= 15 is 0 Å². The summed E-state index contributed by atoms with van der Waals surface area (Å²) in [7, 11) is 0. The van der Waals surface area contributed by atoms with Crippen molar-refractivity contribution in [1.82, 2.24) is 19.9 Å². The van der Waals surface area contributed by atoms with E-state index in [0.29, 0.717) is 5.56 Å². The number of nitrogens with zero attached hydrogens (tertiary/aromatic N) is 3. The number of nitrogens with one attached hydrogen (secondary N) is 3. The molecule has 3 aromatic rings. The molecule has 0 amide bonds. The highest BCUT2D eigenvalue weighted by Gasteiger charge is 2.13. The van der Waals surface area contributed by atoms with Gasteiger partial charge in [-0.2, -0.15) is 0 Å². The molecule has 4 rings (SSSR count). The van der Waals surface area contributed by atoms with Crippen LogP contribution in [0.15, 0.2) is 24.5 Å². The number of nitrogen functional groups attached to an aromatic ring is 1. The highest BCUT2D eigenvalue weighted by atomic mass is 15.1. The van der Waals surface area contributed by atoms with Crippen molar-refractivity contribution in [2.24, 2.45) is 5.73 Å². The molecule has 7 heteroatoms. The van der Waals surface area contributed by atoms with Gasteiger partial charge < -0.3 is 20.9 Å². The minimum atomic E-state index is 0.0627. The predicted octanol–water partition coefficient (Wildman–Crippen LogP) is 2.68. The van der Waals surface area contributed by atoms with Crippen LogP contribution in [0.4, 0.5) is 5.82 Å². The number of amidine groups is 1. The molecule has 26 heavy (non-hydrogen) atoms. The number of piperidine rings is 1. The van der Waals surface area contributed by atoms with Crippen LogP contribution in [0, 0.1) is 5.41 Å². The predicted molar refractivity (Wildman–Crippen MR) is 106 cm³/mol. The summed E-state index contributed by atoms with van der Waals surface area (Å²) in [6, 6.07) is 5.73. The third kappa shape index (κ3) is 3.35. The van der Waals surface area contributed by atoms with Gasteiger partial charge in [-0.3, -0.25) is 5.41 Å². The van der Waals surface area contributed by atoms with Crippen LogP contribution in [0.1, 0.15) is 31.2 Å². The average Bonchev–Trinajstić information content (AvgIpc) is 3.04. The van der Waals surface area contributed by atoms with Gasteiger partial charge in [0.1, 0.15) is 23.6 Å². The van der Waals surface area contributed by atoms with Crippen LogP contribution in [-0.4, -0.2) is 51.9 Å². The Morgan fingerprint density at radius 2 is 2.08 bits per heavy atom. The second-order valence-corrected chi connectivity index (χ2v) is 6.93. The molecule has 1 aliphatic heterocycles. The molecule has 1 saturated heterocycles. The number of hydrogen-bond acceptors (Lipinski definition) is 5. The normalized spacial score (nSPS) is 15.5. The first-order valence-electron chi connectivity index (χ1n) is 9.29. The van der Waals surface area contributed by atoms with E-state index < -0.39 is 0 Å². The second-order valence-electron chi connectivity index (χ2n) is 6.93. The summed E-state index contributed by atoms with van der Waals surface area (Å²) in [5.74, 6) is 0.920. The van der Waals surface area contributed by atoms with Crippen LogP contribution < -0.4 is 11.1 Å². The van der Waals surface area contributed by atoms with E-state index in [2.05, 4.69) is 25.2 Å². The number of aromatic amines is 1. The summed E-state index contributed by atoms with van der Waals surface area (Å²) >= 11 is 0. The quantitative estimate of drug-likeness (QED) is 0.310. The molecule has 2 aromatic heterocycles. The van der Waals surface area contributed by atoms with Crippen LogP contribution >= 0.6 is 0 Å². The second kappa shape index (κ2) is 7.29. The molecule has 0 unspecified atom stereocenters. The fourth-order valence-corrected chi connectivity index (χ4v) is 3.72. The standard InChI is InChI=1S/C19H25N7/c20-17(21)13-5-6-14-15(11-13)25-19-16(14)18(23-12-24-19)22-7-4-10-26-8-2-1-3-9-26/h5-6,11-12H,1-4,7-10H2,(H3,20,21)(H2,22,23,24,25). The number of hydrogen-bond donors (Lipinski definition) is 4. The largest absolute Gasteiger partial charge is 0.384 e. The average molecular weight is 351 g/mol. The van der Waals surface area contributed by atoms with Crippen molar-refractivity contribution >= 4 is 33.6 Å². The molecule has 7 nitrogen and oxygen atoms in total. The monoisotopic (exact) mass is 351 g/mol. The summed E-state index contributed by atoms with van der Waals surface area (Å²) in [6.07, 6.45) is 6.72. The van der Waals surface area contributed by atoms with Gasteiger partial charge in [-0.1, -0.05) is 18.6 Å². The lowest BCUT2D eigenvalue weighted by atomic mass is 10.1. The maximum absolute atomic E-state index is 7.60. The SMILES string of the molecule is N=C(N)c1ccc2c(c1)[nH]c1ncnc(NCCCN3CCCCC3)c12. The van der Waals surface area contributed by atoms with Crippen LogP contribution in [0.25, 0.3) is 21.9 Å². The molecular formula is C19H25N7. The van der Waals surface area contributed by atoms with Crippen LogP contribution in [-0.2, 0) is 0 Å². The van der Waals surface area contributed by atoms with Crippen LogP contribution in [0.3, 0.4) is 0 Å². The summed E-state index contributed by atoms with van der Waals surface area (Å²) < 4.78 is 0. The zero-order chi connectivity index (χ0) is 17.9. The Morgan fingerprint density at radius 3 is 2.88 bits per heavy atom. The molecule has 3 heterocycles. The lowest BCUT2D eigenvalue weighted by molar-refractivity contribution is 0.228. The van der Waals surface area contributed by atoms with Crippen LogP contribution in [0.2, 0.25) is 0 Å². The Labute approximate surface area is 152 Å². The molecular weight excluding hydrogens is 326 g/mol. The Hall–Kier alpha value is -2.67. The van der Waals surface area contributed by atoms with Crippen molar-refractivity contribution in [1.29, 1.82) is 5.41 Å². The molecule has 0 spiro atoms. The van der Waals surface area contributed by atoms with Crippen molar-refractivity contribution in [3.05, 3.63) is 30.1 Å². The van der Waals surface area contributed by atoms with Gasteiger partial charge in [-0.05, 0) is 45.0 Å². The minimum Gasteiger partial charge on any atom is -0.384 e. The highest BCUT2D eigenvalue weighted by Crippen LogP contribution is 2.29. The van der Waals surface area contributed by atoms with Crippen molar-refractivity contribution in [2.45, 2.75) is 25.7 Å². The molecule has 1 aromatic carbocycles. The molecule has 0 saturated carbocycles.